The first-order chi connectivity index (χ1) is 19.9. The summed E-state index contributed by atoms with van der Waals surface area (Å²) in [5.41, 5.74) is 1.82. The predicted octanol–water partition coefficient (Wildman–Crippen LogP) is 4.32. The minimum atomic E-state index is -0.521. The van der Waals surface area contributed by atoms with E-state index >= 15 is 0 Å². The van der Waals surface area contributed by atoms with Gasteiger partial charge in [-0.2, -0.15) is 0 Å². The van der Waals surface area contributed by atoms with Crippen LogP contribution in [0.5, 0.6) is 5.75 Å². The molecule has 1 unspecified atom stereocenters. The number of non-ortho nitro benzene ring substituents is 1. The number of hydrogen-bond donors (Lipinski definition) is 0. The van der Waals surface area contributed by atoms with Gasteiger partial charge in [-0.1, -0.05) is 48.2 Å². The lowest BCUT2D eigenvalue weighted by molar-refractivity contribution is -0.384. The van der Waals surface area contributed by atoms with Crippen LogP contribution < -0.4 is 4.74 Å². The molecule has 0 spiro atoms. The summed E-state index contributed by atoms with van der Waals surface area (Å²) in [5.74, 6) is 1.12. The first-order valence-corrected chi connectivity index (χ1v) is 14.0. The normalized spacial score (nSPS) is 15.0. The van der Waals surface area contributed by atoms with Gasteiger partial charge in [-0.25, -0.2) is 0 Å². The van der Waals surface area contributed by atoms with E-state index in [1.54, 1.807) is 23.0 Å². The van der Waals surface area contributed by atoms with Crippen LogP contribution in [0.4, 0.5) is 5.69 Å². The molecule has 0 aliphatic carbocycles. The van der Waals surface area contributed by atoms with Gasteiger partial charge < -0.3 is 14.5 Å². The highest BCUT2D eigenvalue weighted by Crippen LogP contribution is 2.30. The molecule has 0 saturated carbocycles. The number of amides is 2. The van der Waals surface area contributed by atoms with E-state index in [4.69, 9.17) is 4.74 Å². The molecule has 41 heavy (non-hydrogen) atoms. The van der Waals surface area contributed by atoms with Crippen LogP contribution in [-0.2, 0) is 4.79 Å². The van der Waals surface area contributed by atoms with E-state index in [0.717, 1.165) is 11.3 Å². The first-order valence-electron chi connectivity index (χ1n) is 13.0. The van der Waals surface area contributed by atoms with Gasteiger partial charge in [0.05, 0.1) is 17.8 Å². The second kappa shape index (κ2) is 12.2. The Balaban J connectivity index is 1.28. The van der Waals surface area contributed by atoms with Crippen LogP contribution in [0, 0.1) is 10.1 Å². The second-order valence-corrected chi connectivity index (χ2v) is 10.4. The van der Waals surface area contributed by atoms with Crippen LogP contribution in [0.1, 0.15) is 17.3 Å². The molecule has 5 rings (SSSR count). The van der Waals surface area contributed by atoms with E-state index in [9.17, 15) is 19.7 Å². The molecule has 11 nitrogen and oxygen atoms in total. The van der Waals surface area contributed by atoms with E-state index in [2.05, 4.69) is 10.2 Å². The lowest BCUT2D eigenvalue weighted by Gasteiger charge is -2.40. The fourth-order valence-electron chi connectivity index (χ4n) is 4.74. The number of nitro groups is 1. The third kappa shape index (κ3) is 6.07. The van der Waals surface area contributed by atoms with Crippen molar-refractivity contribution in [3.05, 3.63) is 94.5 Å². The molecule has 12 heteroatoms. The lowest BCUT2D eigenvalue weighted by Crippen LogP contribution is -2.55. The maximum atomic E-state index is 13.2. The zero-order valence-corrected chi connectivity index (χ0v) is 23.4. The standard InChI is InChI=1S/C29H28N6O5S/c1-20-18-32(14-15-33(20)28(37)22-9-6-12-24(16-22)35(38)39)26(36)19-41-29-31-30-27(21-8-7-13-25(17-21)40-2)34(29)23-10-4-3-5-11-23/h3-13,16-17,20H,14-15,18-19H2,1-2H3. The van der Waals surface area contributed by atoms with Crippen molar-refractivity contribution in [3.8, 4) is 22.8 Å². The number of aromatic nitrogens is 3. The fourth-order valence-corrected chi connectivity index (χ4v) is 5.60. The molecule has 1 saturated heterocycles. The monoisotopic (exact) mass is 572 g/mol. The Kier molecular flexibility index (Phi) is 8.29. The number of ether oxygens (including phenoxy) is 1. The number of thioether (sulfide) groups is 1. The number of carbonyl (C=O) groups excluding carboxylic acids is 2. The summed E-state index contributed by atoms with van der Waals surface area (Å²) in [7, 11) is 1.61. The molecule has 1 aliphatic heterocycles. The van der Waals surface area contributed by atoms with Gasteiger partial charge in [0.1, 0.15) is 5.75 Å². The molecule has 0 bridgehead atoms. The maximum Gasteiger partial charge on any atom is 0.270 e. The minimum Gasteiger partial charge on any atom is -0.497 e. The second-order valence-electron chi connectivity index (χ2n) is 9.49. The summed E-state index contributed by atoms with van der Waals surface area (Å²) in [4.78, 5) is 40.3. The average Bonchev–Trinajstić information content (AvgIpc) is 3.44. The summed E-state index contributed by atoms with van der Waals surface area (Å²) in [6.45, 7) is 2.93. The van der Waals surface area contributed by atoms with Crippen LogP contribution in [0.3, 0.4) is 0 Å². The predicted molar refractivity (Wildman–Crippen MR) is 154 cm³/mol. The van der Waals surface area contributed by atoms with E-state index < -0.39 is 4.92 Å². The summed E-state index contributed by atoms with van der Waals surface area (Å²) < 4.78 is 7.30. The van der Waals surface area contributed by atoms with Gasteiger partial charge in [-0.05, 0) is 37.3 Å². The van der Waals surface area contributed by atoms with Gasteiger partial charge in [0.25, 0.3) is 11.6 Å². The highest BCUT2D eigenvalue weighted by atomic mass is 32.2. The Bertz CT molecular complexity index is 1580. The number of nitro benzene ring substituents is 1. The van der Waals surface area contributed by atoms with Crippen molar-refractivity contribution in [2.24, 2.45) is 0 Å². The van der Waals surface area contributed by atoms with Gasteiger partial charge in [0, 0.05) is 54.6 Å². The van der Waals surface area contributed by atoms with Gasteiger partial charge in [0.15, 0.2) is 11.0 Å². The fraction of sp³-hybridized carbons (Fsp3) is 0.241. The number of benzene rings is 3. The summed E-state index contributed by atoms with van der Waals surface area (Å²) in [5, 5.41) is 20.5. The van der Waals surface area contributed by atoms with Crippen LogP contribution in [0.25, 0.3) is 17.1 Å². The van der Waals surface area contributed by atoms with E-state index in [1.165, 1.54) is 30.0 Å². The van der Waals surface area contributed by atoms with Crippen LogP contribution in [0.2, 0.25) is 0 Å². The van der Waals surface area contributed by atoms with Crippen LogP contribution >= 0.6 is 11.8 Å². The number of carbonyl (C=O) groups is 2. The Hall–Kier alpha value is -4.71. The molecule has 0 radical (unpaired) electrons. The van der Waals surface area contributed by atoms with Crippen molar-refractivity contribution in [1.29, 1.82) is 0 Å². The van der Waals surface area contributed by atoms with Crippen molar-refractivity contribution in [2.75, 3.05) is 32.5 Å². The molecule has 0 N–H and O–H groups in total. The minimum absolute atomic E-state index is 0.0742. The molecule has 1 atom stereocenters. The smallest absolute Gasteiger partial charge is 0.270 e. The topological polar surface area (TPSA) is 124 Å². The maximum absolute atomic E-state index is 13.2. The third-order valence-corrected chi connectivity index (χ3v) is 7.76. The molecule has 1 aliphatic rings. The summed E-state index contributed by atoms with van der Waals surface area (Å²) in [6.07, 6.45) is 0. The number of para-hydroxylation sites is 1. The van der Waals surface area contributed by atoms with Gasteiger partial charge in [0.2, 0.25) is 5.91 Å². The number of nitrogens with zero attached hydrogens (tertiary/aromatic N) is 6. The average molecular weight is 573 g/mol. The highest BCUT2D eigenvalue weighted by molar-refractivity contribution is 7.99. The molecular formula is C29H28N6O5S. The van der Waals surface area contributed by atoms with Crippen LogP contribution in [-0.4, -0.2) is 79.8 Å². The first kappa shape index (κ1) is 27.8. The van der Waals surface area contributed by atoms with Crippen molar-refractivity contribution >= 4 is 29.3 Å². The van der Waals surface area contributed by atoms with E-state index in [1.807, 2.05) is 66.1 Å². The molecule has 210 valence electrons. The molecule has 2 amide bonds. The molecular weight excluding hydrogens is 544 g/mol. The van der Waals surface area contributed by atoms with Gasteiger partial charge in [-0.3, -0.25) is 24.3 Å². The van der Waals surface area contributed by atoms with Gasteiger partial charge >= 0.3 is 0 Å². The molecule has 2 heterocycles. The zero-order valence-electron chi connectivity index (χ0n) is 22.5. The Labute approximate surface area is 240 Å². The molecule has 1 fully saturated rings. The van der Waals surface area contributed by atoms with E-state index in [0.29, 0.717) is 36.4 Å². The quantitative estimate of drug-likeness (QED) is 0.174. The highest BCUT2D eigenvalue weighted by Gasteiger charge is 2.31. The van der Waals surface area contributed by atoms with Crippen LogP contribution in [0.15, 0.2) is 84.0 Å². The number of rotatable bonds is 8. The zero-order chi connectivity index (χ0) is 28.9. The third-order valence-electron chi connectivity index (χ3n) is 6.85. The Morgan fingerprint density at radius 1 is 1.02 bits per heavy atom. The molecule has 1 aromatic heterocycles. The number of piperazine rings is 1. The van der Waals surface area contributed by atoms with Crippen molar-refractivity contribution in [1.82, 2.24) is 24.6 Å². The lowest BCUT2D eigenvalue weighted by atomic mass is 10.1. The summed E-state index contributed by atoms with van der Waals surface area (Å²) in [6, 6.07) is 22.7. The van der Waals surface area contributed by atoms with Crippen molar-refractivity contribution in [3.63, 3.8) is 0 Å². The van der Waals surface area contributed by atoms with Crippen molar-refractivity contribution < 1.29 is 19.2 Å². The molecule has 3 aromatic carbocycles. The van der Waals surface area contributed by atoms with Gasteiger partial charge in [-0.15, -0.1) is 10.2 Å². The summed E-state index contributed by atoms with van der Waals surface area (Å²) >= 11 is 1.30. The Morgan fingerprint density at radius 2 is 1.80 bits per heavy atom. The van der Waals surface area contributed by atoms with E-state index in [-0.39, 0.29) is 34.9 Å². The number of hydrogen-bond acceptors (Lipinski definition) is 8. The number of methoxy groups -OCH3 is 1. The SMILES string of the molecule is COc1cccc(-c2nnc(SCC(=O)N3CCN(C(=O)c4cccc([N+](=O)[O-])c4)C(C)C3)n2-c2ccccc2)c1. The molecule has 4 aromatic rings. The largest absolute Gasteiger partial charge is 0.497 e. The Morgan fingerprint density at radius 3 is 2.54 bits per heavy atom. The van der Waals surface area contributed by atoms with Crippen molar-refractivity contribution in [2.45, 2.75) is 18.1 Å².